The number of anilines is 1. The van der Waals surface area contributed by atoms with Crippen LogP contribution in [0.1, 0.15) is 12.0 Å². The fourth-order valence-electron chi connectivity index (χ4n) is 2.30. The van der Waals surface area contributed by atoms with Crippen LogP contribution in [0, 0.1) is 0 Å². The largest absolute Gasteiger partial charge is 0.392 e. The van der Waals surface area contributed by atoms with Crippen molar-refractivity contribution in [1.29, 1.82) is 0 Å². The molecule has 0 aliphatic rings. The maximum atomic E-state index is 9.54. The number of pyridine rings is 1. The zero-order valence-corrected chi connectivity index (χ0v) is 12.5. The van der Waals surface area contributed by atoms with Gasteiger partial charge in [-0.15, -0.1) is 0 Å². The fraction of sp³-hybridized carbons (Fsp3) is 0.438. The molecule has 0 bridgehead atoms. The summed E-state index contributed by atoms with van der Waals surface area (Å²) >= 11 is 0. The van der Waals surface area contributed by atoms with Gasteiger partial charge in [0.05, 0.1) is 12.1 Å². The first kappa shape index (κ1) is 14.8. The van der Waals surface area contributed by atoms with Crippen LogP contribution in [0.2, 0.25) is 0 Å². The Hall–Kier alpha value is -1.65. The van der Waals surface area contributed by atoms with Gasteiger partial charge in [-0.05, 0) is 44.8 Å². The van der Waals surface area contributed by atoms with Gasteiger partial charge in [0.2, 0.25) is 0 Å². The Labute approximate surface area is 120 Å². The van der Waals surface area contributed by atoms with E-state index in [4.69, 9.17) is 0 Å². The van der Waals surface area contributed by atoms with Gasteiger partial charge in [0.1, 0.15) is 5.82 Å². The van der Waals surface area contributed by atoms with Gasteiger partial charge in [0.25, 0.3) is 0 Å². The van der Waals surface area contributed by atoms with Crippen molar-refractivity contribution in [2.24, 2.45) is 0 Å². The Morgan fingerprint density at radius 2 is 1.85 bits per heavy atom. The molecule has 1 N–H and O–H groups in total. The highest BCUT2D eigenvalue weighted by Crippen LogP contribution is 2.22. The van der Waals surface area contributed by atoms with Gasteiger partial charge in [-0.25, -0.2) is 4.98 Å². The van der Waals surface area contributed by atoms with Gasteiger partial charge in [-0.3, -0.25) is 0 Å². The minimum absolute atomic E-state index is 0.0432. The molecular formula is C16H23N3O. The Morgan fingerprint density at radius 1 is 1.10 bits per heavy atom. The van der Waals surface area contributed by atoms with Crippen LogP contribution in [0.5, 0.6) is 0 Å². The Bertz CT molecular complexity index is 569. The molecule has 0 fully saturated rings. The number of nitrogens with zero attached hydrogens (tertiary/aromatic N) is 3. The molecule has 0 spiro atoms. The number of aromatic nitrogens is 1. The summed E-state index contributed by atoms with van der Waals surface area (Å²) in [4.78, 5) is 9.01. The van der Waals surface area contributed by atoms with Crippen LogP contribution < -0.4 is 4.90 Å². The second-order valence-electron chi connectivity index (χ2n) is 5.39. The van der Waals surface area contributed by atoms with E-state index in [0.717, 1.165) is 41.8 Å². The molecule has 1 heterocycles. The summed E-state index contributed by atoms with van der Waals surface area (Å²) in [5, 5.41) is 10.6. The second kappa shape index (κ2) is 6.68. The first-order valence-corrected chi connectivity index (χ1v) is 6.97. The van der Waals surface area contributed by atoms with Gasteiger partial charge in [0.15, 0.2) is 0 Å². The molecule has 0 aliphatic heterocycles. The standard InChI is InChI=1S/C16H23N3O/c1-18(2)9-6-10-19(3)16-11-13(12-20)14-7-4-5-8-15(14)17-16/h4-5,7-8,11,20H,6,9-10,12H2,1-3H3. The molecule has 1 aromatic heterocycles. The smallest absolute Gasteiger partial charge is 0.129 e. The van der Waals surface area contributed by atoms with Gasteiger partial charge >= 0.3 is 0 Å². The number of aliphatic hydroxyl groups is 1. The van der Waals surface area contributed by atoms with Crippen molar-refractivity contribution in [2.45, 2.75) is 13.0 Å². The quantitative estimate of drug-likeness (QED) is 0.875. The van der Waals surface area contributed by atoms with E-state index in [1.165, 1.54) is 0 Å². The van der Waals surface area contributed by atoms with Gasteiger partial charge in [-0.2, -0.15) is 0 Å². The van der Waals surface area contributed by atoms with Crippen molar-refractivity contribution in [3.05, 3.63) is 35.9 Å². The van der Waals surface area contributed by atoms with E-state index < -0.39 is 0 Å². The molecule has 4 heteroatoms. The molecule has 1 aromatic carbocycles. The SMILES string of the molecule is CN(C)CCCN(C)c1cc(CO)c2ccccc2n1. The third-order valence-corrected chi connectivity index (χ3v) is 3.45. The lowest BCUT2D eigenvalue weighted by Gasteiger charge is -2.20. The normalized spacial score (nSPS) is 11.2. The van der Waals surface area contributed by atoms with Crippen molar-refractivity contribution >= 4 is 16.7 Å². The average Bonchev–Trinajstić information content (AvgIpc) is 2.45. The Morgan fingerprint density at radius 3 is 2.55 bits per heavy atom. The van der Waals surface area contributed by atoms with Gasteiger partial charge in [0, 0.05) is 19.0 Å². The van der Waals surface area contributed by atoms with Crippen LogP contribution in [0.3, 0.4) is 0 Å². The molecule has 2 rings (SSSR count). The molecule has 0 saturated carbocycles. The molecule has 0 atom stereocenters. The number of aliphatic hydroxyl groups excluding tert-OH is 1. The lowest BCUT2D eigenvalue weighted by atomic mass is 10.1. The van der Waals surface area contributed by atoms with Crippen molar-refractivity contribution < 1.29 is 5.11 Å². The van der Waals surface area contributed by atoms with E-state index in [1.807, 2.05) is 37.4 Å². The van der Waals surface area contributed by atoms with Crippen molar-refractivity contribution in [3.8, 4) is 0 Å². The lowest BCUT2D eigenvalue weighted by molar-refractivity contribution is 0.283. The highest BCUT2D eigenvalue weighted by molar-refractivity contribution is 5.84. The Balaban J connectivity index is 2.21. The van der Waals surface area contributed by atoms with Crippen LogP contribution in [0.4, 0.5) is 5.82 Å². The summed E-state index contributed by atoms with van der Waals surface area (Å²) in [6, 6.07) is 9.93. The van der Waals surface area contributed by atoms with Crippen molar-refractivity contribution in [1.82, 2.24) is 9.88 Å². The van der Waals surface area contributed by atoms with E-state index in [9.17, 15) is 5.11 Å². The Kier molecular flexibility index (Phi) is 4.93. The minimum atomic E-state index is 0.0432. The maximum Gasteiger partial charge on any atom is 0.129 e. The lowest BCUT2D eigenvalue weighted by Crippen LogP contribution is -2.24. The van der Waals surface area contributed by atoms with E-state index in [-0.39, 0.29) is 6.61 Å². The van der Waals surface area contributed by atoms with Crippen LogP contribution in [0.25, 0.3) is 10.9 Å². The third-order valence-electron chi connectivity index (χ3n) is 3.45. The van der Waals surface area contributed by atoms with Gasteiger partial charge in [-0.1, -0.05) is 18.2 Å². The summed E-state index contributed by atoms with van der Waals surface area (Å²) in [5.74, 6) is 0.923. The van der Waals surface area contributed by atoms with Crippen LogP contribution in [0.15, 0.2) is 30.3 Å². The van der Waals surface area contributed by atoms with Gasteiger partial charge < -0.3 is 14.9 Å². The first-order valence-electron chi connectivity index (χ1n) is 6.97. The number of hydrogen-bond acceptors (Lipinski definition) is 4. The number of rotatable bonds is 6. The van der Waals surface area contributed by atoms with Crippen LogP contribution in [-0.2, 0) is 6.61 Å². The van der Waals surface area contributed by atoms with E-state index in [2.05, 4.69) is 28.9 Å². The molecule has 0 saturated heterocycles. The van der Waals surface area contributed by atoms with Crippen LogP contribution >= 0.6 is 0 Å². The third kappa shape index (κ3) is 3.46. The number of para-hydroxylation sites is 1. The van der Waals surface area contributed by atoms with Crippen molar-refractivity contribution in [3.63, 3.8) is 0 Å². The predicted molar refractivity (Wildman–Crippen MR) is 84.1 cm³/mol. The van der Waals surface area contributed by atoms with E-state index in [1.54, 1.807) is 0 Å². The van der Waals surface area contributed by atoms with E-state index >= 15 is 0 Å². The topological polar surface area (TPSA) is 39.6 Å². The molecule has 108 valence electrons. The highest BCUT2D eigenvalue weighted by atomic mass is 16.3. The summed E-state index contributed by atoms with van der Waals surface area (Å²) in [6.07, 6.45) is 1.09. The highest BCUT2D eigenvalue weighted by Gasteiger charge is 2.08. The second-order valence-corrected chi connectivity index (χ2v) is 5.39. The number of hydrogen-bond donors (Lipinski definition) is 1. The summed E-state index contributed by atoms with van der Waals surface area (Å²) in [7, 11) is 6.21. The molecule has 0 amide bonds. The molecule has 0 unspecified atom stereocenters. The summed E-state index contributed by atoms with van der Waals surface area (Å²) < 4.78 is 0. The number of benzene rings is 1. The molecule has 0 radical (unpaired) electrons. The number of fused-ring (bicyclic) bond motifs is 1. The predicted octanol–water partition coefficient (Wildman–Crippen LogP) is 2.11. The van der Waals surface area contributed by atoms with E-state index in [0.29, 0.717) is 0 Å². The molecular weight excluding hydrogens is 250 g/mol. The maximum absolute atomic E-state index is 9.54. The first-order chi connectivity index (χ1) is 9.61. The van der Waals surface area contributed by atoms with Crippen molar-refractivity contribution in [2.75, 3.05) is 39.1 Å². The molecule has 4 nitrogen and oxygen atoms in total. The summed E-state index contributed by atoms with van der Waals surface area (Å²) in [6.45, 7) is 2.06. The fourth-order valence-corrected chi connectivity index (χ4v) is 2.30. The zero-order chi connectivity index (χ0) is 14.5. The zero-order valence-electron chi connectivity index (χ0n) is 12.5. The minimum Gasteiger partial charge on any atom is -0.392 e. The van der Waals surface area contributed by atoms with Crippen LogP contribution in [-0.4, -0.2) is 49.2 Å². The average molecular weight is 273 g/mol. The monoisotopic (exact) mass is 273 g/mol. The molecule has 0 aliphatic carbocycles. The molecule has 2 aromatic rings. The molecule has 20 heavy (non-hydrogen) atoms. The summed E-state index contributed by atoms with van der Waals surface area (Å²) in [5.41, 5.74) is 1.87.